The minimum atomic E-state index is -3.88. The summed E-state index contributed by atoms with van der Waals surface area (Å²) in [5.41, 5.74) is -0.495. The van der Waals surface area contributed by atoms with E-state index >= 15 is 0 Å². The van der Waals surface area contributed by atoms with Gasteiger partial charge in [-0.25, -0.2) is 18.0 Å². The van der Waals surface area contributed by atoms with Gasteiger partial charge in [-0.3, -0.25) is 24.0 Å². The molecule has 0 aromatic heterocycles. The molecule has 1 unspecified atom stereocenters. The largest absolute Gasteiger partial charge is 0.489 e. The second-order valence-electron chi connectivity index (χ2n) is 15.8. The molecule has 3 N–H and O–H groups in total. The summed E-state index contributed by atoms with van der Waals surface area (Å²) in [5.74, 6) is -1.72. The van der Waals surface area contributed by atoms with Gasteiger partial charge in [0.15, 0.2) is 0 Å². The molecule has 1 saturated heterocycles. The lowest BCUT2D eigenvalue weighted by molar-refractivity contribution is -0.143. The SMILES string of the molecule is CC[C@H]1C[C@@]1(NC(=O)[C@@H]1CC2CN1C(=O)[C@H](C(C)(C)C)NC(=O)OCCCC/C=C/COc1cccc3c1CN(C3)C(=O)O2)C(=O)NS(=O)(=O)C1CC1. The maximum atomic E-state index is 14.4. The number of carbonyl (C=O) groups is 5. The molecule has 16 heteroatoms. The van der Waals surface area contributed by atoms with Crippen LogP contribution in [0.15, 0.2) is 30.4 Å². The van der Waals surface area contributed by atoms with Crippen LogP contribution < -0.4 is 20.1 Å². The quantitative estimate of drug-likeness (QED) is 0.364. The Labute approximate surface area is 310 Å². The second kappa shape index (κ2) is 15.2. The third-order valence-electron chi connectivity index (χ3n) is 10.7. The Morgan fingerprint density at radius 3 is 2.53 bits per heavy atom. The first-order valence-corrected chi connectivity index (χ1v) is 20.1. The first-order chi connectivity index (χ1) is 25.1. The number of ether oxygens (including phenoxy) is 3. The van der Waals surface area contributed by atoms with Crippen LogP contribution in [-0.2, 0) is 47.0 Å². The predicted molar refractivity (Wildman–Crippen MR) is 192 cm³/mol. The van der Waals surface area contributed by atoms with Gasteiger partial charge in [0.2, 0.25) is 21.8 Å². The molecule has 5 aliphatic rings. The molecule has 5 amide bonds. The average molecular weight is 758 g/mol. The van der Waals surface area contributed by atoms with Gasteiger partial charge in [-0.05, 0) is 61.5 Å². The lowest BCUT2D eigenvalue weighted by Crippen LogP contribution is -2.60. The van der Waals surface area contributed by atoms with Crippen LogP contribution in [0.25, 0.3) is 0 Å². The van der Waals surface area contributed by atoms with Gasteiger partial charge >= 0.3 is 12.2 Å². The van der Waals surface area contributed by atoms with E-state index in [0.717, 1.165) is 24.0 Å². The third kappa shape index (κ3) is 8.57. The standard InChI is InChI=1S/C37H51N5O10S/c1-5-24-19-37(24,33(45)40-53(48,49)26-14-15-26)39-31(43)28-18-25-21-42(28)32(44)30(36(2,3)4)38-34(46)51-17-10-8-6-7-9-16-50-29-13-11-12-23-20-41(22-27(23)29)35(47)52-25/h7,9,11-13,24-26,28,30H,5-6,8,10,14-22H2,1-4H3,(H,38,46)(H,39,43)(H,40,45)/b9-7+/t24-,25?,28-,30+,37-/m0/s1. The van der Waals surface area contributed by atoms with E-state index in [1.807, 2.05) is 37.3 Å². The smallest absolute Gasteiger partial charge is 0.410 e. The van der Waals surface area contributed by atoms with E-state index in [0.29, 0.717) is 44.6 Å². The summed E-state index contributed by atoms with van der Waals surface area (Å²) in [6, 6.07) is 3.33. The molecule has 3 heterocycles. The van der Waals surface area contributed by atoms with E-state index < -0.39 is 74.3 Å². The number of amides is 5. The van der Waals surface area contributed by atoms with Crippen molar-refractivity contribution in [3.8, 4) is 5.75 Å². The van der Waals surface area contributed by atoms with Crippen LogP contribution in [-0.4, -0.2) is 96.9 Å². The van der Waals surface area contributed by atoms with Gasteiger partial charge in [0.05, 0.1) is 24.9 Å². The first kappa shape index (κ1) is 38.4. The van der Waals surface area contributed by atoms with Gasteiger partial charge in [0.1, 0.15) is 36.1 Å². The Bertz CT molecular complexity index is 1760. The monoisotopic (exact) mass is 757 g/mol. The van der Waals surface area contributed by atoms with Crippen molar-refractivity contribution in [3.05, 3.63) is 41.5 Å². The maximum absolute atomic E-state index is 14.4. The average Bonchev–Trinajstić information content (AvgIpc) is 3.99. The summed E-state index contributed by atoms with van der Waals surface area (Å²) in [6.07, 6.45) is 5.31. The van der Waals surface area contributed by atoms with E-state index in [-0.39, 0.29) is 38.5 Å². The summed E-state index contributed by atoms with van der Waals surface area (Å²) < 4.78 is 45.0. The molecule has 3 fully saturated rings. The number of hydrogen-bond acceptors (Lipinski definition) is 10. The Kier molecular flexibility index (Phi) is 11.0. The highest BCUT2D eigenvalue weighted by molar-refractivity contribution is 7.91. The van der Waals surface area contributed by atoms with Crippen molar-refractivity contribution in [2.24, 2.45) is 11.3 Å². The zero-order chi connectivity index (χ0) is 38.1. The van der Waals surface area contributed by atoms with Crippen LogP contribution >= 0.6 is 0 Å². The van der Waals surface area contributed by atoms with E-state index in [1.54, 1.807) is 20.8 Å². The van der Waals surface area contributed by atoms with E-state index in [1.165, 1.54) is 9.80 Å². The van der Waals surface area contributed by atoms with Crippen LogP contribution in [0, 0.1) is 11.3 Å². The number of cyclic esters (lactones) is 1. The highest BCUT2D eigenvalue weighted by Crippen LogP contribution is 2.47. The van der Waals surface area contributed by atoms with E-state index in [2.05, 4.69) is 15.4 Å². The second-order valence-corrected chi connectivity index (χ2v) is 17.8. The number of fused-ring (bicyclic) bond motifs is 3. The van der Waals surface area contributed by atoms with Crippen LogP contribution in [0.2, 0.25) is 0 Å². The number of allylic oxidation sites excluding steroid dienone is 1. The molecule has 53 heavy (non-hydrogen) atoms. The lowest BCUT2D eigenvalue weighted by atomic mass is 9.85. The molecule has 2 saturated carbocycles. The zero-order valence-corrected chi connectivity index (χ0v) is 31.7. The van der Waals surface area contributed by atoms with Gasteiger partial charge in [-0.15, -0.1) is 0 Å². The van der Waals surface area contributed by atoms with Gasteiger partial charge in [0, 0.05) is 18.5 Å². The number of rotatable bonds is 6. The molecule has 1 aromatic rings. The minimum absolute atomic E-state index is 0.0824. The van der Waals surface area contributed by atoms with Gasteiger partial charge in [0.25, 0.3) is 5.91 Å². The molecule has 290 valence electrons. The number of nitrogens with zero attached hydrogens (tertiary/aromatic N) is 2. The summed E-state index contributed by atoms with van der Waals surface area (Å²) in [7, 11) is -3.88. The molecule has 0 radical (unpaired) electrons. The van der Waals surface area contributed by atoms with Crippen molar-refractivity contribution in [3.63, 3.8) is 0 Å². The van der Waals surface area contributed by atoms with Crippen molar-refractivity contribution in [2.45, 2.75) is 121 Å². The molecule has 6 rings (SSSR count). The van der Waals surface area contributed by atoms with Crippen LogP contribution in [0.3, 0.4) is 0 Å². The van der Waals surface area contributed by atoms with Crippen LogP contribution in [0.1, 0.15) is 90.2 Å². The molecule has 15 nitrogen and oxygen atoms in total. The van der Waals surface area contributed by atoms with Crippen molar-refractivity contribution in [1.82, 2.24) is 25.2 Å². The topological polar surface area (TPSA) is 190 Å². The van der Waals surface area contributed by atoms with Crippen molar-refractivity contribution in [1.29, 1.82) is 0 Å². The summed E-state index contributed by atoms with van der Waals surface area (Å²) >= 11 is 0. The van der Waals surface area contributed by atoms with Gasteiger partial charge in [-0.1, -0.05) is 58.4 Å². The fourth-order valence-electron chi connectivity index (χ4n) is 7.37. The lowest BCUT2D eigenvalue weighted by Gasteiger charge is -2.35. The van der Waals surface area contributed by atoms with E-state index in [9.17, 15) is 32.4 Å². The van der Waals surface area contributed by atoms with E-state index in [4.69, 9.17) is 14.2 Å². The third-order valence-corrected chi connectivity index (χ3v) is 12.6. The number of hydrogen-bond donors (Lipinski definition) is 3. The number of alkyl carbamates (subject to hydrolysis) is 1. The van der Waals surface area contributed by atoms with Crippen molar-refractivity contribution in [2.75, 3.05) is 19.8 Å². The number of benzene rings is 1. The number of carbonyl (C=O) groups excluding carboxylic acids is 5. The van der Waals surface area contributed by atoms with Gasteiger partial charge < -0.3 is 29.7 Å². The Morgan fingerprint density at radius 2 is 1.83 bits per heavy atom. The van der Waals surface area contributed by atoms with Crippen LogP contribution in [0.4, 0.5) is 9.59 Å². The summed E-state index contributed by atoms with van der Waals surface area (Å²) in [5, 5.41) is 4.87. The molecule has 2 aliphatic carbocycles. The molecule has 3 aliphatic heterocycles. The Morgan fingerprint density at radius 1 is 1.06 bits per heavy atom. The molecule has 4 bridgehead atoms. The number of sulfonamides is 1. The van der Waals surface area contributed by atoms with Crippen molar-refractivity contribution < 1.29 is 46.6 Å². The molecular formula is C37H51N5O10S. The van der Waals surface area contributed by atoms with Gasteiger partial charge in [-0.2, -0.15) is 0 Å². The summed E-state index contributed by atoms with van der Waals surface area (Å²) in [4.78, 5) is 71.5. The highest BCUT2D eigenvalue weighted by atomic mass is 32.2. The van der Waals surface area contributed by atoms with Crippen molar-refractivity contribution >= 4 is 39.9 Å². The highest BCUT2D eigenvalue weighted by Gasteiger charge is 2.62. The first-order valence-electron chi connectivity index (χ1n) is 18.6. The molecule has 0 spiro atoms. The van der Waals surface area contributed by atoms with Crippen LogP contribution in [0.5, 0.6) is 5.75 Å². The molecular weight excluding hydrogens is 706 g/mol. The molecule has 1 aromatic carbocycles. The number of nitrogens with one attached hydrogen (secondary N) is 3. The summed E-state index contributed by atoms with van der Waals surface area (Å²) in [6.45, 7) is 8.04. The predicted octanol–water partition coefficient (Wildman–Crippen LogP) is 3.26. The zero-order valence-electron chi connectivity index (χ0n) is 30.9. The molecule has 5 atom stereocenters. The fraction of sp³-hybridized carbons (Fsp3) is 0.649. The normalized spacial score (nSPS) is 29.0. The maximum Gasteiger partial charge on any atom is 0.410 e. The fourth-order valence-corrected chi connectivity index (χ4v) is 8.73. The Balaban J connectivity index is 1.25. The minimum Gasteiger partial charge on any atom is -0.489 e. The Hall–Kier alpha value is -4.34.